The monoisotopic (exact) mass is 397 g/mol. The molecule has 28 heavy (non-hydrogen) atoms. The second kappa shape index (κ2) is 7.05. The van der Waals surface area contributed by atoms with Gasteiger partial charge < -0.3 is 10.2 Å². The molecule has 0 atom stereocenters. The van der Waals surface area contributed by atoms with Crippen LogP contribution in [0.5, 0.6) is 0 Å². The maximum absolute atomic E-state index is 12.7. The van der Waals surface area contributed by atoms with Gasteiger partial charge in [0.2, 0.25) is 5.91 Å². The summed E-state index contributed by atoms with van der Waals surface area (Å²) in [7, 11) is -3.62. The molecular weight excluding hydrogens is 374 g/mol. The molecule has 2 aliphatic rings. The molecule has 0 saturated carbocycles. The maximum Gasteiger partial charge on any atom is 0.285 e. The Hall–Kier alpha value is -2.67. The average Bonchev–Trinajstić information content (AvgIpc) is 2.93. The maximum atomic E-state index is 12.7. The highest BCUT2D eigenvalue weighted by molar-refractivity contribution is 7.90. The van der Waals surface area contributed by atoms with E-state index >= 15 is 0 Å². The number of piperidine rings is 1. The molecule has 146 valence electrons. The lowest BCUT2D eigenvalue weighted by atomic mass is 9.95. The van der Waals surface area contributed by atoms with Crippen LogP contribution in [0.1, 0.15) is 29.5 Å². The van der Waals surface area contributed by atoms with Gasteiger partial charge in [0.1, 0.15) is 4.90 Å². The fraction of sp³-hybridized carbons (Fsp3) is 0.333. The van der Waals surface area contributed by atoms with Crippen LogP contribution in [0.3, 0.4) is 0 Å². The van der Waals surface area contributed by atoms with Gasteiger partial charge in [-0.25, -0.2) is 0 Å². The number of hydrogen-bond donors (Lipinski definition) is 1. The van der Waals surface area contributed by atoms with Gasteiger partial charge in [0.25, 0.3) is 10.0 Å². The predicted molar refractivity (Wildman–Crippen MR) is 109 cm³/mol. The van der Waals surface area contributed by atoms with E-state index in [4.69, 9.17) is 0 Å². The first-order valence-electron chi connectivity index (χ1n) is 9.42. The zero-order valence-corrected chi connectivity index (χ0v) is 16.8. The molecule has 0 aromatic heterocycles. The Balaban J connectivity index is 1.43. The molecule has 2 aliphatic heterocycles. The molecule has 0 aliphatic carbocycles. The van der Waals surface area contributed by atoms with Gasteiger partial charge in [-0.05, 0) is 62.1 Å². The Kier molecular flexibility index (Phi) is 4.71. The minimum Gasteiger partial charge on any atom is -0.355 e. The first kappa shape index (κ1) is 18.7. The van der Waals surface area contributed by atoms with Crippen LogP contribution in [0.15, 0.2) is 51.8 Å². The lowest BCUT2D eigenvalue weighted by Gasteiger charge is -2.32. The zero-order chi connectivity index (χ0) is 19.9. The van der Waals surface area contributed by atoms with Crippen LogP contribution in [0.25, 0.3) is 0 Å². The Morgan fingerprint density at radius 3 is 2.39 bits per heavy atom. The van der Waals surface area contributed by atoms with E-state index in [-0.39, 0.29) is 16.7 Å². The van der Waals surface area contributed by atoms with E-state index in [1.165, 1.54) is 0 Å². The number of anilines is 1. The molecule has 0 spiro atoms. The summed E-state index contributed by atoms with van der Waals surface area (Å²) in [5, 5.41) is 3.02. The summed E-state index contributed by atoms with van der Waals surface area (Å²) < 4.78 is 28.5. The van der Waals surface area contributed by atoms with Crippen molar-refractivity contribution in [2.24, 2.45) is 10.3 Å². The van der Waals surface area contributed by atoms with Gasteiger partial charge in [-0.15, -0.1) is 4.40 Å². The van der Waals surface area contributed by atoms with Gasteiger partial charge >= 0.3 is 0 Å². The lowest BCUT2D eigenvalue weighted by molar-refractivity contribution is -0.120. The predicted octanol–water partition coefficient (Wildman–Crippen LogP) is 3.10. The van der Waals surface area contributed by atoms with E-state index in [9.17, 15) is 13.2 Å². The second-order valence-electron chi connectivity index (χ2n) is 7.51. The summed E-state index contributed by atoms with van der Waals surface area (Å²) in [4.78, 5) is 14.9. The Morgan fingerprint density at radius 2 is 1.71 bits per heavy atom. The van der Waals surface area contributed by atoms with Crippen molar-refractivity contribution in [3.05, 3.63) is 59.2 Å². The van der Waals surface area contributed by atoms with Crippen molar-refractivity contribution in [3.8, 4) is 0 Å². The number of rotatable bonds is 2. The molecule has 6 nitrogen and oxygen atoms in total. The van der Waals surface area contributed by atoms with Crippen LogP contribution in [0, 0.1) is 19.8 Å². The number of nitrogens with one attached hydrogen (secondary N) is 1. The number of amides is 1. The summed E-state index contributed by atoms with van der Waals surface area (Å²) in [5.74, 6) is 0.431. The normalized spacial score (nSPS) is 18.5. The van der Waals surface area contributed by atoms with Gasteiger partial charge in [-0.1, -0.05) is 18.2 Å². The first-order valence-corrected chi connectivity index (χ1v) is 10.9. The highest BCUT2D eigenvalue weighted by Crippen LogP contribution is 2.30. The number of amidine groups is 1. The molecule has 1 amide bonds. The number of carbonyl (C=O) groups excluding carboxylic acids is 1. The molecule has 1 N–H and O–H groups in total. The Morgan fingerprint density at radius 1 is 1.07 bits per heavy atom. The van der Waals surface area contributed by atoms with Crippen LogP contribution in [-0.4, -0.2) is 38.2 Å². The van der Waals surface area contributed by atoms with Crippen LogP contribution in [0.4, 0.5) is 5.69 Å². The molecule has 2 heterocycles. The largest absolute Gasteiger partial charge is 0.355 e. The molecule has 4 rings (SSSR count). The van der Waals surface area contributed by atoms with Gasteiger partial charge in [-0.3, -0.25) is 4.79 Å². The molecule has 0 unspecified atom stereocenters. The third kappa shape index (κ3) is 3.54. The molecule has 7 heteroatoms. The van der Waals surface area contributed by atoms with Crippen molar-refractivity contribution < 1.29 is 13.2 Å². The summed E-state index contributed by atoms with van der Waals surface area (Å²) in [5.41, 5.74) is 3.71. The first-order chi connectivity index (χ1) is 13.3. The number of aryl methyl sites for hydroxylation is 2. The smallest absolute Gasteiger partial charge is 0.285 e. The number of benzene rings is 2. The third-order valence-electron chi connectivity index (χ3n) is 5.27. The van der Waals surface area contributed by atoms with E-state index < -0.39 is 10.0 Å². The van der Waals surface area contributed by atoms with Crippen molar-refractivity contribution in [2.75, 3.05) is 18.4 Å². The van der Waals surface area contributed by atoms with Crippen LogP contribution in [-0.2, 0) is 14.8 Å². The van der Waals surface area contributed by atoms with Crippen molar-refractivity contribution >= 4 is 27.5 Å². The molecule has 2 aromatic carbocycles. The summed E-state index contributed by atoms with van der Waals surface area (Å²) in [6, 6.07) is 12.9. The quantitative estimate of drug-likeness (QED) is 0.845. The van der Waals surface area contributed by atoms with Gasteiger partial charge in [0.15, 0.2) is 5.84 Å². The Bertz CT molecular complexity index is 1050. The van der Waals surface area contributed by atoms with Gasteiger partial charge in [0, 0.05) is 30.3 Å². The van der Waals surface area contributed by atoms with Crippen molar-refractivity contribution in [1.29, 1.82) is 0 Å². The molecule has 0 radical (unpaired) electrons. The fourth-order valence-corrected chi connectivity index (χ4v) is 5.19. The van der Waals surface area contributed by atoms with Crippen molar-refractivity contribution in [1.82, 2.24) is 4.90 Å². The zero-order valence-electron chi connectivity index (χ0n) is 16.0. The number of sulfonamides is 1. The van der Waals surface area contributed by atoms with E-state index in [2.05, 4.69) is 15.8 Å². The van der Waals surface area contributed by atoms with Crippen LogP contribution < -0.4 is 5.32 Å². The van der Waals surface area contributed by atoms with E-state index in [0.717, 1.165) is 16.8 Å². The lowest BCUT2D eigenvalue weighted by Crippen LogP contribution is -2.41. The number of nitrogens with zero attached hydrogens (tertiary/aromatic N) is 2. The standard InChI is InChI=1S/C21H23N3O3S/c1-14-11-15(2)13-17(12-14)22-21(25)16-7-9-24(10-8-16)20-18-5-3-4-6-19(18)28(26,27)23-20/h3-6,11-13,16H,7-10H2,1-2H3,(H,22,25). The molecule has 1 saturated heterocycles. The second-order valence-corrected chi connectivity index (χ2v) is 9.09. The molecular formula is C21H23N3O3S. The number of likely N-dealkylation sites (tertiary alicyclic amines) is 1. The Labute approximate surface area is 165 Å². The van der Waals surface area contributed by atoms with Crippen LogP contribution >= 0.6 is 0 Å². The minimum absolute atomic E-state index is 0.0195. The third-order valence-corrected chi connectivity index (χ3v) is 6.59. The fourth-order valence-electron chi connectivity index (χ4n) is 3.96. The SMILES string of the molecule is Cc1cc(C)cc(NC(=O)C2CCN(C3=NS(=O)(=O)c4ccccc43)CC2)c1. The van der Waals surface area contributed by atoms with E-state index in [0.29, 0.717) is 37.3 Å². The molecule has 1 fully saturated rings. The summed E-state index contributed by atoms with van der Waals surface area (Å²) in [6.07, 6.45) is 1.33. The van der Waals surface area contributed by atoms with E-state index in [1.54, 1.807) is 18.2 Å². The van der Waals surface area contributed by atoms with E-state index in [1.807, 2.05) is 36.9 Å². The highest BCUT2D eigenvalue weighted by Gasteiger charge is 2.34. The van der Waals surface area contributed by atoms with Gasteiger partial charge in [-0.2, -0.15) is 8.42 Å². The molecule has 0 bridgehead atoms. The van der Waals surface area contributed by atoms with Crippen molar-refractivity contribution in [3.63, 3.8) is 0 Å². The number of carbonyl (C=O) groups is 1. The average molecular weight is 398 g/mol. The molecule has 2 aromatic rings. The number of hydrogen-bond acceptors (Lipinski definition) is 4. The highest BCUT2D eigenvalue weighted by atomic mass is 32.2. The van der Waals surface area contributed by atoms with Crippen molar-refractivity contribution in [2.45, 2.75) is 31.6 Å². The summed E-state index contributed by atoms with van der Waals surface area (Å²) in [6.45, 7) is 5.23. The summed E-state index contributed by atoms with van der Waals surface area (Å²) >= 11 is 0. The van der Waals surface area contributed by atoms with Gasteiger partial charge in [0.05, 0.1) is 0 Å². The van der Waals surface area contributed by atoms with Crippen LogP contribution in [0.2, 0.25) is 0 Å². The topological polar surface area (TPSA) is 78.8 Å². The number of fused-ring (bicyclic) bond motifs is 1. The minimum atomic E-state index is -3.62.